The fraction of sp³-hybridized carbons (Fsp3) is 0.429. The molecule has 3 aromatic rings. The lowest BCUT2D eigenvalue weighted by Gasteiger charge is -2.42. The van der Waals surface area contributed by atoms with E-state index >= 15 is 0 Å². The first kappa shape index (κ1) is 23.4. The molecule has 0 saturated carbocycles. The van der Waals surface area contributed by atoms with Crippen molar-refractivity contribution in [2.24, 2.45) is 5.92 Å². The SMILES string of the molecule is C[C@H](Nc1ncc2c(n1)CN(C(=O)[C@H]1CCN(C)C[C@@H]1c1ccccc1)[C@H](C)C2)c1ccccn1. The van der Waals surface area contributed by atoms with Gasteiger partial charge in [-0.1, -0.05) is 36.4 Å². The van der Waals surface area contributed by atoms with Gasteiger partial charge in [0.25, 0.3) is 0 Å². The first-order chi connectivity index (χ1) is 17.0. The first-order valence-electron chi connectivity index (χ1n) is 12.6. The summed E-state index contributed by atoms with van der Waals surface area (Å²) in [5.74, 6) is 1.02. The fourth-order valence-corrected chi connectivity index (χ4v) is 5.42. The summed E-state index contributed by atoms with van der Waals surface area (Å²) in [6, 6.07) is 16.5. The normalized spacial score (nSPS) is 23.4. The Hall–Kier alpha value is -3.32. The van der Waals surface area contributed by atoms with Crippen LogP contribution in [0.25, 0.3) is 0 Å². The van der Waals surface area contributed by atoms with Crippen molar-refractivity contribution in [1.29, 1.82) is 0 Å². The first-order valence-corrected chi connectivity index (χ1v) is 12.6. The maximum Gasteiger partial charge on any atom is 0.227 e. The van der Waals surface area contributed by atoms with Crippen LogP contribution in [0.15, 0.2) is 60.9 Å². The van der Waals surface area contributed by atoms with Crippen molar-refractivity contribution in [1.82, 2.24) is 24.8 Å². The van der Waals surface area contributed by atoms with Crippen LogP contribution >= 0.6 is 0 Å². The molecule has 1 fully saturated rings. The lowest BCUT2D eigenvalue weighted by Crippen LogP contribution is -2.50. The lowest BCUT2D eigenvalue weighted by molar-refractivity contribution is -0.141. The number of nitrogens with one attached hydrogen (secondary N) is 1. The third-order valence-electron chi connectivity index (χ3n) is 7.44. The molecule has 1 N–H and O–H groups in total. The van der Waals surface area contributed by atoms with Crippen molar-refractivity contribution in [3.8, 4) is 0 Å². The molecule has 2 aromatic heterocycles. The summed E-state index contributed by atoms with van der Waals surface area (Å²) in [4.78, 5) is 32.1. The van der Waals surface area contributed by atoms with Crippen LogP contribution in [0.4, 0.5) is 5.95 Å². The summed E-state index contributed by atoms with van der Waals surface area (Å²) in [5, 5.41) is 3.37. The number of hydrogen-bond donors (Lipinski definition) is 1. The molecule has 1 saturated heterocycles. The minimum Gasteiger partial charge on any atom is -0.346 e. The van der Waals surface area contributed by atoms with Gasteiger partial charge in [0.05, 0.1) is 24.0 Å². The zero-order valence-electron chi connectivity index (χ0n) is 20.8. The van der Waals surface area contributed by atoms with Gasteiger partial charge in [-0.2, -0.15) is 0 Å². The number of piperidine rings is 1. The third kappa shape index (κ3) is 5.05. The Balaban J connectivity index is 1.35. The molecule has 182 valence electrons. The summed E-state index contributed by atoms with van der Waals surface area (Å²) in [6.45, 7) is 6.56. The molecular formula is C28H34N6O. The molecule has 7 nitrogen and oxygen atoms in total. The predicted octanol–water partition coefficient (Wildman–Crippen LogP) is 4.05. The monoisotopic (exact) mass is 470 g/mol. The van der Waals surface area contributed by atoms with Crippen LogP contribution in [0, 0.1) is 5.92 Å². The topological polar surface area (TPSA) is 74.2 Å². The average Bonchev–Trinajstić information content (AvgIpc) is 2.89. The van der Waals surface area contributed by atoms with Crippen LogP contribution in [0.2, 0.25) is 0 Å². The molecule has 2 aliphatic heterocycles. The predicted molar refractivity (Wildman–Crippen MR) is 137 cm³/mol. The van der Waals surface area contributed by atoms with E-state index in [1.54, 1.807) is 6.20 Å². The Morgan fingerprint density at radius 2 is 1.91 bits per heavy atom. The van der Waals surface area contributed by atoms with Crippen molar-refractivity contribution in [3.63, 3.8) is 0 Å². The fourth-order valence-electron chi connectivity index (χ4n) is 5.42. The van der Waals surface area contributed by atoms with Gasteiger partial charge in [0, 0.05) is 36.8 Å². The number of fused-ring (bicyclic) bond motifs is 1. The molecule has 2 aliphatic rings. The van der Waals surface area contributed by atoms with Crippen LogP contribution in [-0.4, -0.2) is 56.8 Å². The van der Waals surface area contributed by atoms with E-state index in [-0.39, 0.29) is 29.8 Å². The van der Waals surface area contributed by atoms with E-state index in [1.807, 2.05) is 42.3 Å². The molecule has 0 radical (unpaired) electrons. The van der Waals surface area contributed by atoms with Gasteiger partial charge in [0.1, 0.15) is 0 Å². The summed E-state index contributed by atoms with van der Waals surface area (Å²) in [5.41, 5.74) is 4.25. The molecule has 1 aromatic carbocycles. The number of likely N-dealkylation sites (tertiary alicyclic amines) is 1. The third-order valence-corrected chi connectivity index (χ3v) is 7.44. The highest BCUT2D eigenvalue weighted by molar-refractivity contribution is 5.80. The number of amides is 1. The van der Waals surface area contributed by atoms with E-state index in [0.717, 1.165) is 42.9 Å². The highest BCUT2D eigenvalue weighted by Gasteiger charge is 2.39. The molecule has 0 aliphatic carbocycles. The lowest BCUT2D eigenvalue weighted by atomic mass is 9.79. The smallest absolute Gasteiger partial charge is 0.227 e. The highest BCUT2D eigenvalue weighted by atomic mass is 16.2. The molecule has 4 atom stereocenters. The van der Waals surface area contributed by atoms with Gasteiger partial charge in [0.2, 0.25) is 11.9 Å². The molecule has 5 rings (SSSR count). The van der Waals surface area contributed by atoms with E-state index in [4.69, 9.17) is 4.98 Å². The number of aromatic nitrogens is 3. The van der Waals surface area contributed by atoms with Gasteiger partial charge >= 0.3 is 0 Å². The Morgan fingerprint density at radius 3 is 2.69 bits per heavy atom. The zero-order valence-corrected chi connectivity index (χ0v) is 20.8. The summed E-state index contributed by atoms with van der Waals surface area (Å²) >= 11 is 0. The number of carbonyl (C=O) groups excluding carboxylic acids is 1. The van der Waals surface area contributed by atoms with Gasteiger partial charge in [-0.3, -0.25) is 9.78 Å². The molecule has 0 spiro atoms. The minimum atomic E-state index is -0.0136. The zero-order chi connectivity index (χ0) is 24.4. The molecule has 7 heteroatoms. The van der Waals surface area contributed by atoms with Crippen LogP contribution < -0.4 is 5.32 Å². The summed E-state index contributed by atoms with van der Waals surface area (Å²) in [6.07, 6.45) is 5.36. The number of nitrogens with zero attached hydrogens (tertiary/aromatic N) is 5. The molecule has 0 bridgehead atoms. The van der Waals surface area contributed by atoms with E-state index in [0.29, 0.717) is 12.5 Å². The van der Waals surface area contributed by atoms with Gasteiger partial charge in [-0.05, 0) is 63.5 Å². The number of hydrogen-bond acceptors (Lipinski definition) is 6. The Bertz CT molecular complexity index is 1150. The Kier molecular flexibility index (Phi) is 6.77. The van der Waals surface area contributed by atoms with Gasteiger partial charge in [0.15, 0.2) is 0 Å². The summed E-state index contributed by atoms with van der Waals surface area (Å²) in [7, 11) is 2.15. The van der Waals surface area contributed by atoms with Crippen LogP contribution in [0.1, 0.15) is 54.7 Å². The Labute approximate surface area is 207 Å². The quantitative estimate of drug-likeness (QED) is 0.606. The minimum absolute atomic E-state index is 0.0128. The van der Waals surface area contributed by atoms with Gasteiger partial charge in [-0.25, -0.2) is 9.97 Å². The number of benzene rings is 1. The second-order valence-corrected chi connectivity index (χ2v) is 9.98. The Morgan fingerprint density at radius 1 is 1.11 bits per heavy atom. The molecule has 0 unspecified atom stereocenters. The molecule has 1 amide bonds. The second kappa shape index (κ2) is 10.1. The maximum atomic E-state index is 14.0. The van der Waals surface area contributed by atoms with Crippen molar-refractivity contribution in [2.45, 2.75) is 51.2 Å². The standard InChI is InChI=1S/C28H34N6O/c1-19-15-22-16-30-28(31-20(2)25-11-7-8-13-29-25)32-26(22)18-34(19)27(35)23-12-14-33(3)17-24(23)21-9-5-4-6-10-21/h4-11,13,16,19-20,23-24H,12,14-15,17-18H2,1-3H3,(H,30,31,32)/t19-,20+,23+,24-/m1/s1. The molecular weight excluding hydrogens is 436 g/mol. The largest absolute Gasteiger partial charge is 0.346 e. The molecule has 4 heterocycles. The van der Waals surface area contributed by atoms with Crippen molar-refractivity contribution >= 4 is 11.9 Å². The number of carbonyl (C=O) groups is 1. The number of pyridine rings is 1. The second-order valence-electron chi connectivity index (χ2n) is 9.98. The summed E-state index contributed by atoms with van der Waals surface area (Å²) < 4.78 is 0. The maximum absolute atomic E-state index is 14.0. The van der Waals surface area contributed by atoms with Gasteiger partial charge in [-0.15, -0.1) is 0 Å². The van der Waals surface area contributed by atoms with E-state index in [2.05, 4.69) is 58.4 Å². The van der Waals surface area contributed by atoms with E-state index in [1.165, 1.54) is 5.56 Å². The number of likely N-dealkylation sites (N-methyl/N-ethyl adjacent to an activating group) is 1. The molecule has 35 heavy (non-hydrogen) atoms. The van der Waals surface area contributed by atoms with E-state index < -0.39 is 0 Å². The average molecular weight is 471 g/mol. The van der Waals surface area contributed by atoms with Crippen molar-refractivity contribution in [3.05, 3.63) is 83.4 Å². The van der Waals surface area contributed by atoms with Crippen LogP contribution in [0.3, 0.4) is 0 Å². The van der Waals surface area contributed by atoms with Crippen LogP contribution in [0.5, 0.6) is 0 Å². The van der Waals surface area contributed by atoms with Gasteiger partial charge < -0.3 is 15.1 Å². The van der Waals surface area contributed by atoms with Crippen molar-refractivity contribution < 1.29 is 4.79 Å². The van der Waals surface area contributed by atoms with E-state index in [9.17, 15) is 4.79 Å². The highest BCUT2D eigenvalue weighted by Crippen LogP contribution is 2.35. The van der Waals surface area contributed by atoms with Crippen LogP contribution in [-0.2, 0) is 17.8 Å². The number of rotatable bonds is 5. The number of anilines is 1. The van der Waals surface area contributed by atoms with Crippen molar-refractivity contribution in [2.75, 3.05) is 25.5 Å².